The van der Waals surface area contributed by atoms with Crippen molar-refractivity contribution in [3.05, 3.63) is 40.1 Å². The first-order chi connectivity index (χ1) is 10.4. The standard InChI is InChI=1S/C16H21Cl2NO3/c1-19(2)8-9-22-11-13(5-7-16(20)21-3)12-4-6-14(17)15(18)10-12/h4,6,10-11H,5,7-9H2,1-3H3. The van der Waals surface area contributed by atoms with Crippen LogP contribution in [0.25, 0.3) is 5.57 Å². The number of esters is 1. The van der Waals surface area contributed by atoms with Crippen LogP contribution in [-0.2, 0) is 14.3 Å². The molecule has 0 heterocycles. The van der Waals surface area contributed by atoms with Crippen LogP contribution in [0.5, 0.6) is 0 Å². The van der Waals surface area contributed by atoms with E-state index in [1.54, 1.807) is 18.4 Å². The minimum atomic E-state index is -0.265. The third kappa shape index (κ3) is 6.69. The smallest absolute Gasteiger partial charge is 0.305 e. The van der Waals surface area contributed by atoms with Crippen LogP contribution < -0.4 is 0 Å². The van der Waals surface area contributed by atoms with Gasteiger partial charge in [-0.2, -0.15) is 0 Å². The molecule has 0 atom stereocenters. The van der Waals surface area contributed by atoms with Crippen LogP contribution in [0.2, 0.25) is 10.0 Å². The van der Waals surface area contributed by atoms with Gasteiger partial charge in [-0.05, 0) is 43.8 Å². The van der Waals surface area contributed by atoms with E-state index >= 15 is 0 Å². The molecule has 0 spiro atoms. The van der Waals surface area contributed by atoms with E-state index in [2.05, 4.69) is 4.74 Å². The van der Waals surface area contributed by atoms with Crippen molar-refractivity contribution in [1.29, 1.82) is 0 Å². The number of benzene rings is 1. The van der Waals surface area contributed by atoms with Crippen molar-refractivity contribution in [2.45, 2.75) is 12.8 Å². The summed E-state index contributed by atoms with van der Waals surface area (Å²) in [5.41, 5.74) is 1.76. The predicted octanol–water partition coefficient (Wildman–Crippen LogP) is 3.87. The van der Waals surface area contributed by atoms with Crippen LogP contribution in [-0.4, -0.2) is 45.2 Å². The zero-order valence-electron chi connectivity index (χ0n) is 13.1. The SMILES string of the molecule is COC(=O)CCC(=COCCN(C)C)c1ccc(Cl)c(Cl)c1. The van der Waals surface area contributed by atoms with Gasteiger partial charge >= 0.3 is 5.97 Å². The van der Waals surface area contributed by atoms with Gasteiger partial charge in [0.05, 0.1) is 30.0 Å². The second-order valence-corrected chi connectivity index (χ2v) is 5.84. The summed E-state index contributed by atoms with van der Waals surface area (Å²) in [5.74, 6) is -0.265. The number of allylic oxidation sites excluding steroid dienone is 1. The van der Waals surface area contributed by atoms with Gasteiger partial charge in [0.15, 0.2) is 0 Å². The maximum atomic E-state index is 11.3. The summed E-state index contributed by atoms with van der Waals surface area (Å²) >= 11 is 12.0. The van der Waals surface area contributed by atoms with Gasteiger partial charge in [0, 0.05) is 13.0 Å². The molecule has 0 aliphatic rings. The highest BCUT2D eigenvalue weighted by molar-refractivity contribution is 6.42. The minimum absolute atomic E-state index is 0.265. The summed E-state index contributed by atoms with van der Waals surface area (Å²) < 4.78 is 10.2. The van der Waals surface area contributed by atoms with E-state index in [4.69, 9.17) is 27.9 Å². The lowest BCUT2D eigenvalue weighted by Gasteiger charge is -2.11. The maximum absolute atomic E-state index is 11.3. The molecule has 0 aliphatic heterocycles. The fraction of sp³-hybridized carbons (Fsp3) is 0.438. The van der Waals surface area contributed by atoms with Gasteiger partial charge in [-0.15, -0.1) is 0 Å². The number of nitrogens with zero attached hydrogens (tertiary/aromatic N) is 1. The quantitative estimate of drug-likeness (QED) is 0.407. The fourth-order valence-corrected chi connectivity index (χ4v) is 2.00. The van der Waals surface area contributed by atoms with Crippen LogP contribution >= 0.6 is 23.2 Å². The highest BCUT2D eigenvalue weighted by Crippen LogP contribution is 2.28. The van der Waals surface area contributed by atoms with E-state index in [9.17, 15) is 4.79 Å². The van der Waals surface area contributed by atoms with Crippen molar-refractivity contribution >= 4 is 34.7 Å². The molecule has 0 bridgehead atoms. The Bertz CT molecular complexity index is 530. The lowest BCUT2D eigenvalue weighted by Crippen LogP contribution is -2.16. The van der Waals surface area contributed by atoms with Gasteiger partial charge in [-0.25, -0.2) is 0 Å². The first-order valence-electron chi connectivity index (χ1n) is 6.91. The van der Waals surface area contributed by atoms with Gasteiger partial charge in [0.1, 0.15) is 0 Å². The number of ether oxygens (including phenoxy) is 2. The topological polar surface area (TPSA) is 38.8 Å². The Labute approximate surface area is 141 Å². The van der Waals surface area contributed by atoms with Crippen LogP contribution in [0.15, 0.2) is 24.5 Å². The van der Waals surface area contributed by atoms with E-state index < -0.39 is 0 Å². The first-order valence-corrected chi connectivity index (χ1v) is 7.67. The molecule has 0 aromatic heterocycles. The highest BCUT2D eigenvalue weighted by atomic mass is 35.5. The number of rotatable bonds is 8. The Morgan fingerprint density at radius 3 is 2.55 bits per heavy atom. The zero-order valence-corrected chi connectivity index (χ0v) is 14.6. The Kier molecular flexibility index (Phi) is 8.31. The summed E-state index contributed by atoms with van der Waals surface area (Å²) in [4.78, 5) is 13.4. The molecule has 0 N–H and O–H groups in total. The number of hydrogen-bond donors (Lipinski definition) is 0. The lowest BCUT2D eigenvalue weighted by molar-refractivity contribution is -0.140. The normalized spacial score (nSPS) is 11.6. The maximum Gasteiger partial charge on any atom is 0.305 e. The molecule has 1 aromatic rings. The highest BCUT2D eigenvalue weighted by Gasteiger charge is 2.09. The molecule has 122 valence electrons. The molecule has 4 nitrogen and oxygen atoms in total. The Morgan fingerprint density at radius 2 is 1.95 bits per heavy atom. The van der Waals surface area contributed by atoms with Crippen molar-refractivity contribution in [3.63, 3.8) is 0 Å². The van der Waals surface area contributed by atoms with Gasteiger partial charge in [-0.3, -0.25) is 4.79 Å². The Hall–Kier alpha value is -1.23. The molecule has 0 saturated carbocycles. The third-order valence-electron chi connectivity index (χ3n) is 3.00. The molecular formula is C16H21Cl2NO3. The molecule has 1 aromatic carbocycles. The van der Waals surface area contributed by atoms with Crippen LogP contribution in [0, 0.1) is 0 Å². The van der Waals surface area contributed by atoms with E-state index in [1.165, 1.54) is 7.11 Å². The van der Waals surface area contributed by atoms with Gasteiger partial charge in [0.2, 0.25) is 0 Å². The molecule has 22 heavy (non-hydrogen) atoms. The second kappa shape index (κ2) is 9.72. The fourth-order valence-electron chi connectivity index (χ4n) is 1.70. The van der Waals surface area contributed by atoms with Crippen LogP contribution in [0.3, 0.4) is 0 Å². The molecule has 0 amide bonds. The predicted molar refractivity (Wildman–Crippen MR) is 90.2 cm³/mol. The van der Waals surface area contributed by atoms with Gasteiger partial charge in [-0.1, -0.05) is 29.3 Å². The average Bonchev–Trinajstić information content (AvgIpc) is 2.48. The number of likely N-dealkylation sites (N-methyl/N-ethyl adjacent to an activating group) is 1. The Balaban J connectivity index is 2.82. The largest absolute Gasteiger partial charge is 0.500 e. The number of halogens is 2. The molecule has 0 saturated heterocycles. The van der Waals surface area contributed by atoms with E-state index in [0.29, 0.717) is 23.1 Å². The van der Waals surface area contributed by atoms with Crippen LogP contribution in [0.4, 0.5) is 0 Å². The zero-order chi connectivity index (χ0) is 16.5. The van der Waals surface area contributed by atoms with E-state index in [1.807, 2.05) is 25.1 Å². The molecule has 0 aliphatic carbocycles. The summed E-state index contributed by atoms with van der Waals surface area (Å²) in [5, 5.41) is 0.961. The molecule has 6 heteroatoms. The summed E-state index contributed by atoms with van der Waals surface area (Å²) in [6, 6.07) is 5.35. The molecular weight excluding hydrogens is 325 g/mol. The summed E-state index contributed by atoms with van der Waals surface area (Å²) in [6.45, 7) is 1.37. The van der Waals surface area contributed by atoms with Gasteiger partial charge < -0.3 is 14.4 Å². The second-order valence-electron chi connectivity index (χ2n) is 5.02. The van der Waals surface area contributed by atoms with Crippen molar-refractivity contribution in [2.75, 3.05) is 34.4 Å². The lowest BCUT2D eigenvalue weighted by atomic mass is 10.0. The number of carbonyl (C=O) groups is 1. The molecule has 0 radical (unpaired) electrons. The van der Waals surface area contributed by atoms with Crippen molar-refractivity contribution < 1.29 is 14.3 Å². The molecule has 0 unspecified atom stereocenters. The van der Waals surface area contributed by atoms with Crippen molar-refractivity contribution in [2.24, 2.45) is 0 Å². The van der Waals surface area contributed by atoms with Crippen LogP contribution in [0.1, 0.15) is 18.4 Å². The number of hydrogen-bond acceptors (Lipinski definition) is 4. The van der Waals surface area contributed by atoms with Gasteiger partial charge in [0.25, 0.3) is 0 Å². The number of methoxy groups -OCH3 is 1. The minimum Gasteiger partial charge on any atom is -0.500 e. The number of carbonyl (C=O) groups excluding carboxylic acids is 1. The first kappa shape index (κ1) is 18.8. The van der Waals surface area contributed by atoms with E-state index in [0.717, 1.165) is 17.7 Å². The third-order valence-corrected chi connectivity index (χ3v) is 3.74. The monoisotopic (exact) mass is 345 g/mol. The average molecular weight is 346 g/mol. The summed E-state index contributed by atoms with van der Waals surface area (Å²) in [7, 11) is 5.33. The molecule has 1 rings (SSSR count). The van der Waals surface area contributed by atoms with E-state index in [-0.39, 0.29) is 12.4 Å². The van der Waals surface area contributed by atoms with Crippen molar-refractivity contribution in [1.82, 2.24) is 4.90 Å². The summed E-state index contributed by atoms with van der Waals surface area (Å²) in [6.07, 6.45) is 2.46. The molecule has 0 fully saturated rings. The Morgan fingerprint density at radius 1 is 1.23 bits per heavy atom. The van der Waals surface area contributed by atoms with Crippen molar-refractivity contribution in [3.8, 4) is 0 Å².